The largest absolute Gasteiger partial charge is 0.481 e. The number of carbonyl (C=O) groups is 3. The van der Waals surface area contributed by atoms with Gasteiger partial charge in [0.2, 0.25) is 17.7 Å². The summed E-state index contributed by atoms with van der Waals surface area (Å²) in [5.41, 5.74) is 0.150. The van der Waals surface area contributed by atoms with E-state index in [1.165, 1.54) is 45.6 Å². The Kier molecular flexibility index (Phi) is 8.94. The van der Waals surface area contributed by atoms with Crippen LogP contribution < -0.4 is 24.8 Å². The fourth-order valence-electron chi connectivity index (χ4n) is 2.58. The molecule has 2 aromatic rings. The van der Waals surface area contributed by atoms with Crippen LogP contribution in [0.2, 0.25) is 0 Å². The molecule has 0 saturated carbocycles. The van der Waals surface area contributed by atoms with Crippen LogP contribution in [0.1, 0.15) is 15.9 Å². The molecule has 0 radical (unpaired) electrons. The molecule has 14 nitrogen and oxygen atoms in total. The number of ether oxygens (including phenoxy) is 4. The highest BCUT2D eigenvalue weighted by molar-refractivity contribution is 7.90. The van der Waals surface area contributed by atoms with E-state index in [4.69, 9.17) is 9.47 Å². The molecule has 0 bridgehead atoms. The van der Waals surface area contributed by atoms with E-state index in [-0.39, 0.29) is 36.2 Å². The lowest BCUT2D eigenvalue weighted by Gasteiger charge is -2.13. The van der Waals surface area contributed by atoms with E-state index in [2.05, 4.69) is 30.1 Å². The van der Waals surface area contributed by atoms with Crippen LogP contribution in [0.15, 0.2) is 29.2 Å². The molecule has 34 heavy (non-hydrogen) atoms. The molecule has 3 N–H and O–H groups in total. The second-order valence-electron chi connectivity index (χ2n) is 6.33. The number of esters is 1. The van der Waals surface area contributed by atoms with Gasteiger partial charge in [0.05, 0.1) is 40.1 Å². The standard InChI is InChI=1S/C19H23N5O9S/c1-30-14-10-15(31-2)22-17(21-14)23-18(26)24-34(28,29)13-9-11(7-8-20-19(27)33-4)5-6-12(13)16(25)32-3/h5-6,9-10H,7-8H2,1-4H3,(H,20,27)(H2,21,22,23,24,26). The molecule has 0 aliphatic carbocycles. The van der Waals surface area contributed by atoms with Crippen molar-refractivity contribution in [3.8, 4) is 11.8 Å². The number of urea groups is 1. The first kappa shape index (κ1) is 26.1. The molecule has 1 aromatic heterocycles. The summed E-state index contributed by atoms with van der Waals surface area (Å²) >= 11 is 0. The fourth-order valence-corrected chi connectivity index (χ4v) is 3.73. The highest BCUT2D eigenvalue weighted by Crippen LogP contribution is 2.20. The van der Waals surface area contributed by atoms with Gasteiger partial charge in [-0.3, -0.25) is 5.32 Å². The molecule has 15 heteroatoms. The summed E-state index contributed by atoms with van der Waals surface area (Å²) < 4.78 is 46.7. The van der Waals surface area contributed by atoms with E-state index in [0.29, 0.717) is 5.56 Å². The van der Waals surface area contributed by atoms with Crippen LogP contribution in [0.4, 0.5) is 15.5 Å². The molecule has 0 aliphatic rings. The third-order valence-corrected chi connectivity index (χ3v) is 5.53. The van der Waals surface area contributed by atoms with Crippen LogP contribution in [0.3, 0.4) is 0 Å². The highest BCUT2D eigenvalue weighted by atomic mass is 32.2. The molecule has 184 valence electrons. The van der Waals surface area contributed by atoms with E-state index < -0.39 is 33.0 Å². The number of nitrogens with one attached hydrogen (secondary N) is 3. The van der Waals surface area contributed by atoms with E-state index in [9.17, 15) is 22.8 Å². The third-order valence-electron chi connectivity index (χ3n) is 4.16. The molecule has 0 fully saturated rings. The molecule has 0 aliphatic heterocycles. The lowest BCUT2D eigenvalue weighted by Crippen LogP contribution is -2.35. The lowest BCUT2D eigenvalue weighted by atomic mass is 10.1. The van der Waals surface area contributed by atoms with E-state index >= 15 is 0 Å². The Bertz CT molecular complexity index is 1150. The number of aromatic nitrogens is 2. The molecule has 3 amide bonds. The second kappa shape index (κ2) is 11.6. The smallest absolute Gasteiger partial charge is 0.406 e. The van der Waals surface area contributed by atoms with Crippen molar-refractivity contribution in [1.82, 2.24) is 20.0 Å². The zero-order valence-corrected chi connectivity index (χ0v) is 19.5. The maximum Gasteiger partial charge on any atom is 0.406 e. The third kappa shape index (κ3) is 6.93. The van der Waals surface area contributed by atoms with Gasteiger partial charge in [0.1, 0.15) is 4.90 Å². The number of hydrogen-bond donors (Lipinski definition) is 3. The Balaban J connectivity index is 2.28. The topological polar surface area (TPSA) is 184 Å². The maximum absolute atomic E-state index is 12.9. The number of amides is 3. The van der Waals surface area contributed by atoms with Crippen LogP contribution in [0.25, 0.3) is 0 Å². The molecule has 0 spiro atoms. The molecular formula is C19H23N5O9S. The van der Waals surface area contributed by atoms with Crippen LogP contribution in [0, 0.1) is 0 Å². The first-order valence-electron chi connectivity index (χ1n) is 9.47. The first-order chi connectivity index (χ1) is 16.1. The fraction of sp³-hybridized carbons (Fsp3) is 0.316. The number of carbonyl (C=O) groups excluding carboxylic acids is 3. The van der Waals surface area contributed by atoms with Gasteiger partial charge in [-0.1, -0.05) is 6.07 Å². The monoisotopic (exact) mass is 497 g/mol. The van der Waals surface area contributed by atoms with Gasteiger partial charge in [0, 0.05) is 6.54 Å². The average molecular weight is 497 g/mol. The SMILES string of the molecule is COC(=O)NCCc1ccc(C(=O)OC)c(S(=O)(=O)NC(=O)Nc2nc(OC)cc(OC)n2)c1. The molecule has 1 heterocycles. The van der Waals surface area contributed by atoms with E-state index in [1.807, 2.05) is 0 Å². The minimum absolute atomic E-state index is 0.0613. The van der Waals surface area contributed by atoms with Crippen molar-refractivity contribution in [1.29, 1.82) is 0 Å². The van der Waals surface area contributed by atoms with Crippen molar-refractivity contribution in [2.75, 3.05) is 40.3 Å². The van der Waals surface area contributed by atoms with Gasteiger partial charge in [-0.05, 0) is 24.1 Å². The van der Waals surface area contributed by atoms with Crippen molar-refractivity contribution in [3.63, 3.8) is 0 Å². The van der Waals surface area contributed by atoms with Gasteiger partial charge in [0.25, 0.3) is 10.0 Å². The highest BCUT2D eigenvalue weighted by Gasteiger charge is 2.26. The van der Waals surface area contributed by atoms with Gasteiger partial charge in [-0.2, -0.15) is 9.97 Å². The lowest BCUT2D eigenvalue weighted by molar-refractivity contribution is 0.0596. The average Bonchev–Trinajstić information content (AvgIpc) is 2.82. The van der Waals surface area contributed by atoms with Gasteiger partial charge in [-0.25, -0.2) is 27.5 Å². The Hall–Kier alpha value is -4.14. The zero-order valence-electron chi connectivity index (χ0n) is 18.7. The Labute approximate surface area is 195 Å². The van der Waals surface area contributed by atoms with Gasteiger partial charge < -0.3 is 24.3 Å². The van der Waals surface area contributed by atoms with E-state index in [1.54, 1.807) is 4.72 Å². The summed E-state index contributed by atoms with van der Waals surface area (Å²) in [5.74, 6) is -1.10. The predicted molar refractivity (Wildman–Crippen MR) is 116 cm³/mol. The molecule has 0 atom stereocenters. The predicted octanol–water partition coefficient (Wildman–Crippen LogP) is 0.689. The molecule has 0 unspecified atom stereocenters. The molecular weight excluding hydrogens is 474 g/mol. The van der Waals surface area contributed by atoms with Crippen LogP contribution in [0.5, 0.6) is 11.8 Å². The number of benzene rings is 1. The van der Waals surface area contributed by atoms with Crippen molar-refractivity contribution >= 4 is 34.1 Å². The summed E-state index contributed by atoms with van der Waals surface area (Å²) in [6.07, 6.45) is -0.448. The molecule has 1 aromatic carbocycles. The first-order valence-corrected chi connectivity index (χ1v) is 11.0. The number of anilines is 1. The summed E-state index contributed by atoms with van der Waals surface area (Å²) in [6.45, 7) is 0.132. The van der Waals surface area contributed by atoms with Crippen LogP contribution in [-0.4, -0.2) is 71.5 Å². The normalized spacial score (nSPS) is 10.6. The van der Waals surface area contributed by atoms with E-state index in [0.717, 1.165) is 7.11 Å². The van der Waals surface area contributed by atoms with Crippen molar-refractivity contribution in [2.45, 2.75) is 11.3 Å². The number of rotatable bonds is 9. The summed E-state index contributed by atoms with van der Waals surface area (Å²) in [4.78, 5) is 42.9. The molecule has 0 saturated heterocycles. The second-order valence-corrected chi connectivity index (χ2v) is 7.98. The quantitative estimate of drug-likeness (QED) is 0.414. The summed E-state index contributed by atoms with van der Waals surface area (Å²) in [7, 11) is 0.391. The number of sulfonamides is 1. The Morgan fingerprint density at radius 3 is 2.15 bits per heavy atom. The van der Waals surface area contributed by atoms with Gasteiger partial charge >= 0.3 is 18.1 Å². The maximum atomic E-state index is 12.9. The van der Waals surface area contributed by atoms with Crippen molar-refractivity contribution in [2.24, 2.45) is 0 Å². The van der Waals surface area contributed by atoms with Crippen molar-refractivity contribution < 1.29 is 41.7 Å². The number of methoxy groups -OCH3 is 4. The Morgan fingerprint density at radius 2 is 1.59 bits per heavy atom. The molecule has 2 rings (SSSR count). The van der Waals surface area contributed by atoms with Crippen LogP contribution >= 0.6 is 0 Å². The van der Waals surface area contributed by atoms with Crippen LogP contribution in [-0.2, 0) is 25.9 Å². The summed E-state index contributed by atoms with van der Waals surface area (Å²) in [5, 5.41) is 4.61. The number of nitrogens with zero attached hydrogens (tertiary/aromatic N) is 2. The Morgan fingerprint density at radius 1 is 0.941 bits per heavy atom. The minimum Gasteiger partial charge on any atom is -0.481 e. The number of hydrogen-bond acceptors (Lipinski definition) is 11. The summed E-state index contributed by atoms with van der Waals surface area (Å²) in [6, 6.07) is 4.06. The number of alkyl carbamates (subject to hydrolysis) is 1. The van der Waals surface area contributed by atoms with Gasteiger partial charge in [0.15, 0.2) is 0 Å². The van der Waals surface area contributed by atoms with Gasteiger partial charge in [-0.15, -0.1) is 0 Å². The minimum atomic E-state index is -4.56. The zero-order chi connectivity index (χ0) is 25.3. The van der Waals surface area contributed by atoms with Crippen molar-refractivity contribution in [3.05, 3.63) is 35.4 Å².